The van der Waals surface area contributed by atoms with Gasteiger partial charge in [0.25, 0.3) is 0 Å². The number of carbonyl (C=O) groups excluding carboxylic acids is 1. The van der Waals surface area contributed by atoms with Crippen molar-refractivity contribution < 1.29 is 9.90 Å². The van der Waals surface area contributed by atoms with E-state index >= 15 is 0 Å². The molecule has 1 amide bonds. The molecule has 1 atom stereocenters. The Kier molecular flexibility index (Phi) is 7.48. The van der Waals surface area contributed by atoms with Crippen molar-refractivity contribution in [3.8, 4) is 0 Å². The summed E-state index contributed by atoms with van der Waals surface area (Å²) in [6, 6.07) is 0. The van der Waals surface area contributed by atoms with E-state index in [0.717, 1.165) is 6.42 Å². The van der Waals surface area contributed by atoms with Crippen LogP contribution in [0.25, 0.3) is 0 Å². The highest BCUT2D eigenvalue weighted by molar-refractivity contribution is 5.76. The molecule has 0 aliphatic heterocycles. The van der Waals surface area contributed by atoms with Crippen LogP contribution in [0.5, 0.6) is 0 Å². The molecule has 108 valence electrons. The SMILES string of the molecule is CCN(CC(C)(C)O)C(=O)C[C@@H](CN)CC(C)C. The van der Waals surface area contributed by atoms with Crippen LogP contribution in [-0.2, 0) is 4.79 Å². The number of hydrogen-bond donors (Lipinski definition) is 2. The van der Waals surface area contributed by atoms with Crippen LogP contribution in [0.15, 0.2) is 0 Å². The Hall–Kier alpha value is -0.610. The van der Waals surface area contributed by atoms with E-state index in [4.69, 9.17) is 5.73 Å². The smallest absolute Gasteiger partial charge is 0.222 e. The zero-order valence-corrected chi connectivity index (χ0v) is 12.6. The lowest BCUT2D eigenvalue weighted by atomic mass is 9.93. The van der Waals surface area contributed by atoms with Gasteiger partial charge in [0.15, 0.2) is 0 Å². The molecule has 0 radical (unpaired) electrons. The highest BCUT2D eigenvalue weighted by Crippen LogP contribution is 2.16. The summed E-state index contributed by atoms with van der Waals surface area (Å²) in [5, 5.41) is 9.79. The van der Waals surface area contributed by atoms with E-state index in [1.54, 1.807) is 18.7 Å². The van der Waals surface area contributed by atoms with E-state index in [-0.39, 0.29) is 11.8 Å². The van der Waals surface area contributed by atoms with Gasteiger partial charge in [-0.3, -0.25) is 4.79 Å². The van der Waals surface area contributed by atoms with Gasteiger partial charge in [0, 0.05) is 19.5 Å². The van der Waals surface area contributed by atoms with Crippen LogP contribution in [0, 0.1) is 11.8 Å². The molecule has 4 heteroatoms. The number of aliphatic hydroxyl groups is 1. The molecule has 0 aromatic heterocycles. The molecule has 3 N–H and O–H groups in total. The zero-order valence-electron chi connectivity index (χ0n) is 12.6. The van der Waals surface area contributed by atoms with Crippen molar-refractivity contribution >= 4 is 5.91 Å². The number of hydrogen-bond acceptors (Lipinski definition) is 3. The number of nitrogens with two attached hydrogens (primary N) is 1. The molecule has 18 heavy (non-hydrogen) atoms. The van der Waals surface area contributed by atoms with Gasteiger partial charge >= 0.3 is 0 Å². The molecule has 0 unspecified atom stereocenters. The first-order chi connectivity index (χ1) is 8.19. The van der Waals surface area contributed by atoms with Gasteiger partial charge in [0.1, 0.15) is 0 Å². The fourth-order valence-corrected chi connectivity index (χ4v) is 2.15. The molecule has 0 saturated heterocycles. The number of amides is 1. The Balaban J connectivity index is 4.41. The van der Waals surface area contributed by atoms with Gasteiger partial charge < -0.3 is 15.7 Å². The van der Waals surface area contributed by atoms with E-state index in [1.807, 2.05) is 6.92 Å². The number of rotatable bonds is 8. The quantitative estimate of drug-likeness (QED) is 0.695. The predicted molar refractivity (Wildman–Crippen MR) is 75.2 cm³/mol. The van der Waals surface area contributed by atoms with Crippen molar-refractivity contribution in [1.82, 2.24) is 4.90 Å². The van der Waals surface area contributed by atoms with Crippen LogP contribution in [0.2, 0.25) is 0 Å². The van der Waals surface area contributed by atoms with Crippen LogP contribution in [0.3, 0.4) is 0 Å². The molecule has 0 aromatic rings. The molecule has 0 saturated carbocycles. The van der Waals surface area contributed by atoms with E-state index in [0.29, 0.717) is 32.0 Å². The van der Waals surface area contributed by atoms with Crippen LogP contribution in [0.4, 0.5) is 0 Å². The fourth-order valence-electron chi connectivity index (χ4n) is 2.15. The van der Waals surface area contributed by atoms with Gasteiger partial charge in [-0.15, -0.1) is 0 Å². The first-order valence-electron chi connectivity index (χ1n) is 6.89. The Labute approximate surface area is 112 Å². The Bertz CT molecular complexity index is 247. The first kappa shape index (κ1) is 17.4. The lowest BCUT2D eigenvalue weighted by Crippen LogP contribution is -2.43. The minimum Gasteiger partial charge on any atom is -0.389 e. The van der Waals surface area contributed by atoms with Crippen LogP contribution >= 0.6 is 0 Å². The average molecular weight is 258 g/mol. The van der Waals surface area contributed by atoms with Gasteiger partial charge in [-0.05, 0) is 45.6 Å². The van der Waals surface area contributed by atoms with Crippen LogP contribution in [0.1, 0.15) is 47.5 Å². The van der Waals surface area contributed by atoms with Gasteiger partial charge in [-0.25, -0.2) is 0 Å². The number of likely N-dealkylation sites (N-methyl/N-ethyl adjacent to an activating group) is 1. The van der Waals surface area contributed by atoms with Gasteiger partial charge in [0.05, 0.1) is 5.60 Å². The molecular formula is C14H30N2O2. The molecule has 0 bridgehead atoms. The van der Waals surface area contributed by atoms with E-state index in [2.05, 4.69) is 13.8 Å². The maximum atomic E-state index is 12.2. The summed E-state index contributed by atoms with van der Waals surface area (Å²) in [6.07, 6.45) is 1.46. The Morgan fingerprint density at radius 3 is 2.28 bits per heavy atom. The first-order valence-corrected chi connectivity index (χ1v) is 6.89. The molecule has 0 spiro atoms. The van der Waals surface area contributed by atoms with Gasteiger partial charge in [-0.1, -0.05) is 13.8 Å². The molecule has 0 aliphatic rings. The third-order valence-corrected chi connectivity index (χ3v) is 2.91. The highest BCUT2D eigenvalue weighted by Gasteiger charge is 2.23. The molecule has 0 aliphatic carbocycles. The second-order valence-electron chi connectivity index (χ2n) is 6.16. The van der Waals surface area contributed by atoms with Crippen molar-refractivity contribution in [3.05, 3.63) is 0 Å². The Morgan fingerprint density at radius 2 is 1.94 bits per heavy atom. The third kappa shape index (κ3) is 7.67. The second kappa shape index (κ2) is 7.74. The van der Waals surface area contributed by atoms with E-state index in [1.165, 1.54) is 0 Å². The topological polar surface area (TPSA) is 66.6 Å². The maximum Gasteiger partial charge on any atom is 0.222 e. The lowest BCUT2D eigenvalue weighted by Gasteiger charge is -2.29. The van der Waals surface area contributed by atoms with Crippen LogP contribution in [-0.4, -0.2) is 41.1 Å². The maximum absolute atomic E-state index is 12.2. The molecule has 4 nitrogen and oxygen atoms in total. The summed E-state index contributed by atoms with van der Waals surface area (Å²) in [7, 11) is 0. The third-order valence-electron chi connectivity index (χ3n) is 2.91. The Morgan fingerprint density at radius 1 is 1.39 bits per heavy atom. The number of carbonyl (C=O) groups is 1. The standard InChI is InChI=1S/C14H30N2O2/c1-6-16(10-14(4,5)18)13(17)8-12(9-15)7-11(2)3/h11-12,18H,6-10,15H2,1-5H3/t12-/m0/s1. The van der Waals surface area contributed by atoms with Crippen LogP contribution < -0.4 is 5.73 Å². The fraction of sp³-hybridized carbons (Fsp3) is 0.929. The normalized spacial score (nSPS) is 13.8. The summed E-state index contributed by atoms with van der Waals surface area (Å²) in [5.74, 6) is 0.889. The summed E-state index contributed by atoms with van der Waals surface area (Å²) in [5.41, 5.74) is 4.87. The number of nitrogens with zero attached hydrogens (tertiary/aromatic N) is 1. The molecular weight excluding hydrogens is 228 g/mol. The van der Waals surface area contributed by atoms with Gasteiger partial charge in [0.2, 0.25) is 5.91 Å². The van der Waals surface area contributed by atoms with Crippen molar-refractivity contribution in [2.24, 2.45) is 17.6 Å². The minimum atomic E-state index is -0.845. The molecule has 0 aromatic carbocycles. The van der Waals surface area contributed by atoms with E-state index in [9.17, 15) is 9.90 Å². The summed E-state index contributed by atoms with van der Waals surface area (Å²) >= 11 is 0. The lowest BCUT2D eigenvalue weighted by molar-refractivity contribution is -0.135. The second-order valence-corrected chi connectivity index (χ2v) is 6.16. The highest BCUT2D eigenvalue weighted by atomic mass is 16.3. The molecule has 0 heterocycles. The largest absolute Gasteiger partial charge is 0.389 e. The summed E-state index contributed by atoms with van der Waals surface area (Å²) < 4.78 is 0. The van der Waals surface area contributed by atoms with E-state index < -0.39 is 5.60 Å². The summed E-state index contributed by atoms with van der Waals surface area (Å²) in [4.78, 5) is 13.9. The van der Waals surface area contributed by atoms with Gasteiger partial charge in [-0.2, -0.15) is 0 Å². The van der Waals surface area contributed by atoms with Crippen molar-refractivity contribution in [2.75, 3.05) is 19.6 Å². The van der Waals surface area contributed by atoms with Crippen molar-refractivity contribution in [2.45, 2.75) is 53.1 Å². The summed E-state index contributed by atoms with van der Waals surface area (Å²) in [6.45, 7) is 11.2. The average Bonchev–Trinajstić information content (AvgIpc) is 2.22. The molecule has 0 fully saturated rings. The molecule has 0 rings (SSSR count). The zero-order chi connectivity index (χ0) is 14.3. The minimum absolute atomic E-state index is 0.0933. The van der Waals surface area contributed by atoms with Crippen molar-refractivity contribution in [1.29, 1.82) is 0 Å². The van der Waals surface area contributed by atoms with Crippen molar-refractivity contribution in [3.63, 3.8) is 0 Å². The predicted octanol–water partition coefficient (Wildman–Crippen LogP) is 1.62. The monoisotopic (exact) mass is 258 g/mol.